The van der Waals surface area contributed by atoms with Crippen molar-refractivity contribution in [2.75, 3.05) is 5.73 Å². The standard InChI is InChI=1S/C14H12F7N3O/c1-6-4-7(2-3-9(6)22)5-8-10(14(19,20)21)24(12(15)16)23-11(8)25-13(17)18/h2-4,12-13H,5,22H2,1H3. The second kappa shape index (κ2) is 6.81. The van der Waals surface area contributed by atoms with Crippen molar-refractivity contribution in [3.8, 4) is 5.88 Å². The molecule has 0 bridgehead atoms. The molecule has 0 unspecified atom stereocenters. The summed E-state index contributed by atoms with van der Waals surface area (Å²) in [4.78, 5) is 0. The fraction of sp³-hybridized carbons (Fsp3) is 0.357. The van der Waals surface area contributed by atoms with E-state index in [0.717, 1.165) is 0 Å². The molecular formula is C14H12F7N3O. The normalized spacial score (nSPS) is 12.2. The van der Waals surface area contributed by atoms with Gasteiger partial charge in [0.25, 0.3) is 0 Å². The van der Waals surface area contributed by atoms with E-state index in [-0.39, 0.29) is 5.56 Å². The molecule has 1 heterocycles. The average Bonchev–Trinajstić information content (AvgIpc) is 2.81. The molecule has 0 aliphatic rings. The molecule has 0 fully saturated rings. The van der Waals surface area contributed by atoms with Crippen LogP contribution < -0.4 is 10.5 Å². The van der Waals surface area contributed by atoms with Crippen LogP contribution in [-0.2, 0) is 12.6 Å². The number of alkyl halides is 7. The topological polar surface area (TPSA) is 53.1 Å². The van der Waals surface area contributed by atoms with E-state index < -0.39 is 47.6 Å². The van der Waals surface area contributed by atoms with E-state index in [1.54, 1.807) is 6.92 Å². The monoisotopic (exact) mass is 371 g/mol. The van der Waals surface area contributed by atoms with Gasteiger partial charge < -0.3 is 10.5 Å². The highest BCUT2D eigenvalue weighted by Gasteiger charge is 2.42. The van der Waals surface area contributed by atoms with E-state index in [1.807, 2.05) is 0 Å². The quantitative estimate of drug-likeness (QED) is 0.627. The number of anilines is 1. The number of hydrogen-bond donors (Lipinski definition) is 1. The lowest BCUT2D eigenvalue weighted by Gasteiger charge is -2.12. The van der Waals surface area contributed by atoms with Crippen LogP contribution in [0, 0.1) is 6.92 Å². The van der Waals surface area contributed by atoms with E-state index in [2.05, 4.69) is 9.84 Å². The van der Waals surface area contributed by atoms with Gasteiger partial charge in [0.15, 0.2) is 5.69 Å². The molecule has 0 radical (unpaired) electrons. The molecule has 4 nitrogen and oxygen atoms in total. The predicted octanol–water partition coefficient (Wildman–Crippen LogP) is 4.38. The molecule has 25 heavy (non-hydrogen) atoms. The van der Waals surface area contributed by atoms with E-state index in [4.69, 9.17) is 5.73 Å². The molecule has 0 saturated carbocycles. The second-order valence-corrected chi connectivity index (χ2v) is 5.10. The molecular weight excluding hydrogens is 359 g/mol. The molecule has 0 aliphatic carbocycles. The summed E-state index contributed by atoms with van der Waals surface area (Å²) in [5.41, 5.74) is 4.00. The minimum absolute atomic E-state index is 0.241. The fourth-order valence-electron chi connectivity index (χ4n) is 2.28. The van der Waals surface area contributed by atoms with Crippen molar-refractivity contribution >= 4 is 5.69 Å². The zero-order chi connectivity index (χ0) is 18.9. The minimum atomic E-state index is -5.24. The van der Waals surface area contributed by atoms with Crippen LogP contribution in [0.2, 0.25) is 0 Å². The van der Waals surface area contributed by atoms with Crippen molar-refractivity contribution in [3.05, 3.63) is 40.6 Å². The molecule has 0 saturated heterocycles. The molecule has 2 N–H and O–H groups in total. The van der Waals surface area contributed by atoms with Crippen LogP contribution in [0.4, 0.5) is 36.4 Å². The van der Waals surface area contributed by atoms with Gasteiger partial charge in [0.05, 0.1) is 5.56 Å². The zero-order valence-electron chi connectivity index (χ0n) is 12.6. The number of benzene rings is 1. The minimum Gasteiger partial charge on any atom is -0.415 e. The van der Waals surface area contributed by atoms with Crippen LogP contribution in [-0.4, -0.2) is 16.4 Å². The number of nitrogens with two attached hydrogens (primary N) is 1. The summed E-state index contributed by atoms with van der Waals surface area (Å²) in [6.45, 7) is -5.62. The number of aromatic nitrogens is 2. The first-order valence-corrected chi connectivity index (χ1v) is 6.77. The number of aryl methyl sites for hydroxylation is 1. The Morgan fingerprint density at radius 2 is 1.84 bits per heavy atom. The van der Waals surface area contributed by atoms with Crippen LogP contribution in [0.1, 0.15) is 28.9 Å². The maximum absolute atomic E-state index is 13.2. The Labute approximate surface area is 137 Å². The van der Waals surface area contributed by atoms with Crippen molar-refractivity contribution in [2.24, 2.45) is 0 Å². The van der Waals surface area contributed by atoms with Crippen LogP contribution in [0.15, 0.2) is 18.2 Å². The van der Waals surface area contributed by atoms with Crippen LogP contribution >= 0.6 is 0 Å². The molecule has 11 heteroatoms. The summed E-state index contributed by atoms with van der Waals surface area (Å²) in [6, 6.07) is 4.18. The largest absolute Gasteiger partial charge is 0.433 e. The molecule has 2 aromatic rings. The molecule has 2 rings (SSSR count). The Hall–Kier alpha value is -2.46. The molecule has 1 aromatic heterocycles. The molecule has 1 aromatic carbocycles. The number of hydrogen-bond acceptors (Lipinski definition) is 3. The Bertz CT molecular complexity index is 756. The number of halogens is 7. The molecule has 0 amide bonds. The Kier molecular flexibility index (Phi) is 5.14. The second-order valence-electron chi connectivity index (χ2n) is 5.10. The third kappa shape index (κ3) is 4.15. The van der Waals surface area contributed by atoms with Gasteiger partial charge in [-0.3, -0.25) is 0 Å². The number of nitrogen functional groups attached to an aromatic ring is 1. The van der Waals surface area contributed by atoms with Gasteiger partial charge in [-0.1, -0.05) is 12.1 Å². The smallest absolute Gasteiger partial charge is 0.415 e. The van der Waals surface area contributed by atoms with E-state index >= 15 is 0 Å². The molecule has 138 valence electrons. The summed E-state index contributed by atoms with van der Waals surface area (Å²) in [7, 11) is 0. The lowest BCUT2D eigenvalue weighted by atomic mass is 10.0. The zero-order valence-corrected chi connectivity index (χ0v) is 12.6. The van der Waals surface area contributed by atoms with Crippen molar-refractivity contribution in [1.82, 2.24) is 9.78 Å². The van der Waals surface area contributed by atoms with Crippen molar-refractivity contribution in [1.29, 1.82) is 0 Å². The maximum Gasteiger partial charge on any atom is 0.433 e. The van der Waals surface area contributed by atoms with Crippen LogP contribution in [0.5, 0.6) is 5.88 Å². The predicted molar refractivity (Wildman–Crippen MR) is 73.5 cm³/mol. The molecule has 0 spiro atoms. The van der Waals surface area contributed by atoms with Gasteiger partial charge >= 0.3 is 19.3 Å². The van der Waals surface area contributed by atoms with E-state index in [0.29, 0.717) is 11.3 Å². The number of ether oxygens (including phenoxy) is 1. The maximum atomic E-state index is 13.2. The highest BCUT2D eigenvalue weighted by atomic mass is 19.4. The Balaban J connectivity index is 2.60. The average molecular weight is 371 g/mol. The van der Waals surface area contributed by atoms with Crippen LogP contribution in [0.3, 0.4) is 0 Å². The van der Waals surface area contributed by atoms with Gasteiger partial charge in [0, 0.05) is 12.1 Å². The first-order valence-electron chi connectivity index (χ1n) is 6.77. The van der Waals surface area contributed by atoms with Gasteiger partial charge in [-0.15, -0.1) is 5.10 Å². The van der Waals surface area contributed by atoms with Crippen molar-refractivity contribution < 1.29 is 35.5 Å². The van der Waals surface area contributed by atoms with E-state index in [9.17, 15) is 30.7 Å². The lowest BCUT2D eigenvalue weighted by Crippen LogP contribution is -2.17. The summed E-state index contributed by atoms with van der Waals surface area (Å²) in [6.07, 6.45) is -5.84. The first-order chi connectivity index (χ1) is 11.5. The summed E-state index contributed by atoms with van der Waals surface area (Å²) >= 11 is 0. The third-order valence-electron chi connectivity index (χ3n) is 3.34. The fourth-order valence-corrected chi connectivity index (χ4v) is 2.28. The van der Waals surface area contributed by atoms with Crippen molar-refractivity contribution in [2.45, 2.75) is 32.7 Å². The summed E-state index contributed by atoms with van der Waals surface area (Å²) in [5.74, 6) is -1.20. The van der Waals surface area contributed by atoms with E-state index in [1.165, 1.54) is 18.2 Å². The van der Waals surface area contributed by atoms with Gasteiger partial charge in [0.2, 0.25) is 5.88 Å². The van der Waals surface area contributed by atoms with Crippen LogP contribution in [0.25, 0.3) is 0 Å². The summed E-state index contributed by atoms with van der Waals surface area (Å²) < 4.78 is 93.5. The SMILES string of the molecule is Cc1cc(Cc2c(OC(F)F)nn(C(F)F)c2C(F)(F)F)ccc1N. The highest BCUT2D eigenvalue weighted by Crippen LogP contribution is 2.39. The Morgan fingerprint density at radius 1 is 1.20 bits per heavy atom. The first kappa shape index (κ1) is 18.9. The van der Waals surface area contributed by atoms with Gasteiger partial charge in [0.1, 0.15) is 0 Å². The third-order valence-corrected chi connectivity index (χ3v) is 3.34. The molecule has 0 aliphatic heterocycles. The van der Waals surface area contributed by atoms with Gasteiger partial charge in [-0.05, 0) is 24.1 Å². The summed E-state index contributed by atoms with van der Waals surface area (Å²) in [5, 5.41) is 2.87. The molecule has 0 atom stereocenters. The highest BCUT2D eigenvalue weighted by molar-refractivity contribution is 5.49. The van der Waals surface area contributed by atoms with Crippen molar-refractivity contribution in [3.63, 3.8) is 0 Å². The number of rotatable bonds is 5. The number of nitrogens with zero attached hydrogens (tertiary/aromatic N) is 2. The lowest BCUT2D eigenvalue weighted by molar-refractivity contribution is -0.150. The van der Waals surface area contributed by atoms with Gasteiger partial charge in [-0.25, -0.2) is 0 Å². The van der Waals surface area contributed by atoms with Gasteiger partial charge in [-0.2, -0.15) is 35.4 Å². The Morgan fingerprint density at radius 3 is 2.32 bits per heavy atom.